The lowest BCUT2D eigenvalue weighted by Gasteiger charge is -2.11. The van der Waals surface area contributed by atoms with Crippen molar-refractivity contribution in [2.24, 2.45) is 0 Å². The largest absolute Gasteiger partial charge is 0.508 e. The molecule has 0 unspecified atom stereocenters. The molecule has 0 bridgehead atoms. The summed E-state index contributed by atoms with van der Waals surface area (Å²) in [5.41, 5.74) is 1.68. The van der Waals surface area contributed by atoms with Gasteiger partial charge in [-0.05, 0) is 59.7 Å². The molecule has 2 aromatic heterocycles. The van der Waals surface area contributed by atoms with Gasteiger partial charge in [-0.25, -0.2) is 0 Å². The Morgan fingerprint density at radius 3 is 1.68 bits per heavy atom. The molecule has 6 aromatic rings. The highest BCUT2D eigenvalue weighted by Gasteiger charge is 2.14. The highest BCUT2D eigenvalue weighted by atomic mass is 16.5. The first kappa shape index (κ1) is 22.9. The van der Waals surface area contributed by atoms with E-state index in [9.17, 15) is 24.9 Å². The summed E-state index contributed by atoms with van der Waals surface area (Å²) in [7, 11) is 0. The Hall–Kier alpha value is -5.50. The average molecular weight is 506 g/mol. The van der Waals surface area contributed by atoms with E-state index in [1.54, 1.807) is 30.3 Å². The zero-order chi connectivity index (χ0) is 26.4. The predicted octanol–water partition coefficient (Wildman–Crippen LogP) is 6.14. The third-order valence-corrected chi connectivity index (χ3v) is 6.18. The molecule has 2 heterocycles. The smallest absolute Gasteiger partial charge is 0.200 e. The Balaban J connectivity index is 1.31. The number of aromatic hydroxyl groups is 3. The van der Waals surface area contributed by atoms with Crippen molar-refractivity contribution < 1.29 is 28.9 Å². The van der Waals surface area contributed by atoms with Gasteiger partial charge < -0.3 is 28.9 Å². The van der Waals surface area contributed by atoms with Crippen molar-refractivity contribution in [1.29, 1.82) is 0 Å². The number of phenolic OH excluding ortho intramolecular Hbond substituents is 3. The molecule has 0 amide bonds. The summed E-state index contributed by atoms with van der Waals surface area (Å²) in [6, 6.07) is 19.7. The Bertz CT molecular complexity index is 1970. The summed E-state index contributed by atoms with van der Waals surface area (Å²) in [6.07, 6.45) is 2.64. The van der Waals surface area contributed by atoms with Gasteiger partial charge in [-0.3, -0.25) is 9.59 Å². The lowest BCUT2D eigenvalue weighted by Crippen LogP contribution is -2.04. The van der Waals surface area contributed by atoms with Crippen LogP contribution in [0.2, 0.25) is 0 Å². The number of hydrogen-bond acceptors (Lipinski definition) is 8. The van der Waals surface area contributed by atoms with E-state index in [2.05, 4.69) is 0 Å². The van der Waals surface area contributed by atoms with Crippen LogP contribution in [0.25, 0.3) is 44.2 Å². The van der Waals surface area contributed by atoms with Crippen molar-refractivity contribution in [1.82, 2.24) is 0 Å². The molecule has 0 spiro atoms. The molecule has 0 saturated heterocycles. The molecule has 0 fully saturated rings. The van der Waals surface area contributed by atoms with E-state index < -0.39 is 0 Å². The lowest BCUT2D eigenvalue weighted by atomic mass is 10.0. The minimum atomic E-state index is -0.295. The molecule has 0 aliphatic rings. The maximum atomic E-state index is 13.0. The van der Waals surface area contributed by atoms with Crippen LogP contribution in [0.15, 0.2) is 110 Å². The first-order valence-corrected chi connectivity index (χ1v) is 11.5. The van der Waals surface area contributed by atoms with Crippen LogP contribution in [0.5, 0.6) is 28.7 Å². The first-order valence-electron chi connectivity index (χ1n) is 11.5. The molecular weight excluding hydrogens is 488 g/mol. The minimum absolute atomic E-state index is 0.00370. The Morgan fingerprint density at radius 2 is 1.11 bits per heavy atom. The normalized spacial score (nSPS) is 11.2. The number of benzene rings is 4. The molecule has 38 heavy (non-hydrogen) atoms. The third-order valence-electron chi connectivity index (χ3n) is 6.18. The summed E-state index contributed by atoms with van der Waals surface area (Å²) in [6.45, 7) is 0. The fourth-order valence-electron chi connectivity index (χ4n) is 4.23. The van der Waals surface area contributed by atoms with Crippen molar-refractivity contribution in [3.8, 4) is 51.0 Å². The maximum absolute atomic E-state index is 13.0. The molecule has 8 nitrogen and oxygen atoms in total. The van der Waals surface area contributed by atoms with Gasteiger partial charge in [0.2, 0.25) is 0 Å². The Morgan fingerprint density at radius 1 is 0.579 bits per heavy atom. The summed E-state index contributed by atoms with van der Waals surface area (Å²) in [5.74, 6) is 0.361. The van der Waals surface area contributed by atoms with Crippen molar-refractivity contribution in [2.45, 2.75) is 0 Å². The van der Waals surface area contributed by atoms with Gasteiger partial charge in [0, 0.05) is 12.1 Å². The summed E-state index contributed by atoms with van der Waals surface area (Å²) in [5, 5.41) is 30.3. The second kappa shape index (κ2) is 8.86. The van der Waals surface area contributed by atoms with Gasteiger partial charge in [-0.2, -0.15) is 0 Å². The van der Waals surface area contributed by atoms with Crippen LogP contribution in [-0.4, -0.2) is 15.3 Å². The third kappa shape index (κ3) is 4.00. The Kier molecular flexibility index (Phi) is 5.35. The van der Waals surface area contributed by atoms with Crippen LogP contribution < -0.4 is 15.6 Å². The van der Waals surface area contributed by atoms with Crippen LogP contribution in [0, 0.1) is 0 Å². The molecule has 4 aromatic carbocycles. The second-order valence-electron chi connectivity index (χ2n) is 8.63. The number of hydrogen-bond donors (Lipinski definition) is 3. The highest BCUT2D eigenvalue weighted by Crippen LogP contribution is 2.35. The monoisotopic (exact) mass is 506 g/mol. The lowest BCUT2D eigenvalue weighted by molar-refractivity contribution is 0.411. The highest BCUT2D eigenvalue weighted by molar-refractivity contribution is 5.84. The van der Waals surface area contributed by atoms with E-state index in [1.807, 2.05) is 0 Å². The van der Waals surface area contributed by atoms with Crippen molar-refractivity contribution in [2.75, 3.05) is 0 Å². The zero-order valence-corrected chi connectivity index (χ0v) is 19.5. The van der Waals surface area contributed by atoms with E-state index >= 15 is 0 Å². The van der Waals surface area contributed by atoms with Crippen LogP contribution in [-0.2, 0) is 0 Å². The molecule has 0 radical (unpaired) electrons. The number of fused-ring (bicyclic) bond motifs is 2. The minimum Gasteiger partial charge on any atom is -0.508 e. The maximum Gasteiger partial charge on any atom is 0.200 e. The Labute approximate surface area is 213 Å². The van der Waals surface area contributed by atoms with Gasteiger partial charge in [0.05, 0.1) is 21.9 Å². The van der Waals surface area contributed by atoms with Crippen LogP contribution in [0.3, 0.4) is 0 Å². The molecule has 0 saturated carbocycles. The van der Waals surface area contributed by atoms with E-state index in [0.717, 1.165) is 0 Å². The van der Waals surface area contributed by atoms with E-state index in [1.165, 1.54) is 61.1 Å². The predicted molar refractivity (Wildman–Crippen MR) is 141 cm³/mol. The quantitative estimate of drug-likeness (QED) is 0.260. The fraction of sp³-hybridized carbons (Fsp3) is 0. The molecule has 0 aliphatic carbocycles. The summed E-state index contributed by atoms with van der Waals surface area (Å²) >= 11 is 0. The van der Waals surface area contributed by atoms with Gasteiger partial charge in [0.25, 0.3) is 0 Å². The zero-order valence-electron chi connectivity index (χ0n) is 19.5. The molecule has 6 rings (SSSR count). The summed E-state index contributed by atoms with van der Waals surface area (Å²) < 4.78 is 16.9. The van der Waals surface area contributed by atoms with E-state index in [-0.39, 0.29) is 50.6 Å². The van der Waals surface area contributed by atoms with Gasteiger partial charge in [0.1, 0.15) is 40.9 Å². The number of phenols is 3. The number of ether oxygens (including phenoxy) is 1. The number of rotatable bonds is 4. The molecule has 8 heteroatoms. The van der Waals surface area contributed by atoms with Crippen LogP contribution in [0.4, 0.5) is 0 Å². The average Bonchev–Trinajstić information content (AvgIpc) is 2.91. The standard InChI is InChI=1S/C30H18O8/c31-18-4-8-21-26(12-18)36-14-23(29(21)34)16-1-6-20(7-2-16)38-28-11-17(3-10-25(28)33)24-15-37-27-13-19(32)5-9-22(27)30(24)35/h1-15,31-33H. The van der Waals surface area contributed by atoms with E-state index in [0.29, 0.717) is 33.2 Å². The van der Waals surface area contributed by atoms with Crippen LogP contribution in [0.1, 0.15) is 0 Å². The molecule has 3 N–H and O–H groups in total. The van der Waals surface area contributed by atoms with Crippen molar-refractivity contribution in [3.63, 3.8) is 0 Å². The van der Waals surface area contributed by atoms with E-state index in [4.69, 9.17) is 13.6 Å². The van der Waals surface area contributed by atoms with Crippen LogP contribution >= 0.6 is 0 Å². The fourth-order valence-corrected chi connectivity index (χ4v) is 4.23. The van der Waals surface area contributed by atoms with Crippen molar-refractivity contribution in [3.05, 3.63) is 112 Å². The van der Waals surface area contributed by atoms with Gasteiger partial charge in [0.15, 0.2) is 22.4 Å². The van der Waals surface area contributed by atoms with Gasteiger partial charge in [-0.15, -0.1) is 0 Å². The topological polar surface area (TPSA) is 130 Å². The molecular formula is C30H18O8. The SMILES string of the molecule is O=c1c(-c2ccc(Oc3cc(-c4coc5cc(O)ccc5c4=O)ccc3O)cc2)coc2cc(O)ccc12. The van der Waals surface area contributed by atoms with Gasteiger partial charge in [-0.1, -0.05) is 18.2 Å². The molecule has 0 aliphatic heterocycles. The van der Waals surface area contributed by atoms with Gasteiger partial charge >= 0.3 is 0 Å². The summed E-state index contributed by atoms with van der Waals surface area (Å²) in [4.78, 5) is 25.9. The molecule has 186 valence electrons. The van der Waals surface area contributed by atoms with Crippen molar-refractivity contribution >= 4 is 21.9 Å². The second-order valence-corrected chi connectivity index (χ2v) is 8.63. The molecule has 0 atom stereocenters. The first-order chi connectivity index (χ1) is 18.4.